The van der Waals surface area contributed by atoms with Crippen molar-refractivity contribution in [2.75, 3.05) is 6.54 Å². The van der Waals surface area contributed by atoms with Gasteiger partial charge in [0.25, 0.3) is 0 Å². The van der Waals surface area contributed by atoms with E-state index in [-0.39, 0.29) is 0 Å². The molecule has 0 bridgehead atoms. The zero-order valence-corrected chi connectivity index (χ0v) is 9.81. The molecule has 1 N–H and O–H groups in total. The molecule has 82 valence electrons. The van der Waals surface area contributed by atoms with Gasteiger partial charge >= 0.3 is 0 Å². The summed E-state index contributed by atoms with van der Waals surface area (Å²) in [5, 5.41) is 3.75. The van der Waals surface area contributed by atoms with Gasteiger partial charge in [-0.15, -0.1) is 0 Å². The highest BCUT2D eigenvalue weighted by molar-refractivity contribution is 4.91. The van der Waals surface area contributed by atoms with Crippen molar-refractivity contribution >= 4 is 0 Å². The lowest BCUT2D eigenvalue weighted by Gasteiger charge is -2.41. The van der Waals surface area contributed by atoms with Crippen LogP contribution in [-0.2, 0) is 0 Å². The highest BCUT2D eigenvalue weighted by Gasteiger charge is 2.36. The number of hydrogen-bond donors (Lipinski definition) is 1. The van der Waals surface area contributed by atoms with Crippen LogP contribution in [-0.4, -0.2) is 12.6 Å². The average molecular weight is 195 g/mol. The number of nitrogens with one attached hydrogen (secondary N) is 1. The van der Waals surface area contributed by atoms with Crippen LogP contribution in [0.3, 0.4) is 0 Å². The fraction of sp³-hybridized carbons (Fsp3) is 1.00. The zero-order chi connectivity index (χ0) is 10.0. The molecular weight excluding hydrogens is 170 g/mol. The minimum absolute atomic E-state index is 0.640. The number of hydrogen-bond acceptors (Lipinski definition) is 1. The molecule has 0 aromatic carbocycles. The standard InChI is InChI=1S/C13H25N/c1-11(2)13(8-4-3-5-9-13)10-14-12-6-7-12/h11-12,14H,3-10H2,1-2H3. The van der Waals surface area contributed by atoms with Gasteiger partial charge in [0.1, 0.15) is 0 Å². The van der Waals surface area contributed by atoms with E-state index < -0.39 is 0 Å². The maximum absolute atomic E-state index is 3.75. The first-order valence-electron chi connectivity index (χ1n) is 6.46. The van der Waals surface area contributed by atoms with Crippen LogP contribution in [0.15, 0.2) is 0 Å². The first kappa shape index (κ1) is 10.5. The van der Waals surface area contributed by atoms with E-state index in [9.17, 15) is 0 Å². The fourth-order valence-corrected chi connectivity index (χ4v) is 2.85. The maximum atomic E-state index is 3.75. The molecule has 0 aliphatic heterocycles. The Morgan fingerprint density at radius 3 is 2.29 bits per heavy atom. The minimum atomic E-state index is 0.640. The lowest BCUT2D eigenvalue weighted by atomic mass is 9.67. The summed E-state index contributed by atoms with van der Waals surface area (Å²) in [6, 6.07) is 0.882. The molecule has 0 saturated heterocycles. The average Bonchev–Trinajstić information content (AvgIpc) is 2.99. The Balaban J connectivity index is 1.89. The SMILES string of the molecule is CC(C)C1(CNC2CC2)CCCCC1. The zero-order valence-electron chi connectivity index (χ0n) is 9.81. The van der Waals surface area contributed by atoms with Gasteiger partial charge in [-0.25, -0.2) is 0 Å². The third-order valence-corrected chi connectivity index (χ3v) is 4.39. The summed E-state index contributed by atoms with van der Waals surface area (Å²) in [6.07, 6.45) is 10.2. The van der Waals surface area contributed by atoms with Crippen LogP contribution in [0.4, 0.5) is 0 Å². The topological polar surface area (TPSA) is 12.0 Å². The summed E-state index contributed by atoms with van der Waals surface area (Å²) >= 11 is 0. The highest BCUT2D eigenvalue weighted by atomic mass is 15.0. The molecule has 0 aromatic rings. The van der Waals surface area contributed by atoms with Gasteiger partial charge in [-0.1, -0.05) is 33.1 Å². The molecule has 0 radical (unpaired) electrons. The van der Waals surface area contributed by atoms with Crippen molar-refractivity contribution in [3.05, 3.63) is 0 Å². The van der Waals surface area contributed by atoms with E-state index in [1.807, 2.05) is 0 Å². The van der Waals surface area contributed by atoms with E-state index in [1.165, 1.54) is 51.5 Å². The van der Waals surface area contributed by atoms with Gasteiger partial charge < -0.3 is 5.32 Å². The van der Waals surface area contributed by atoms with E-state index >= 15 is 0 Å². The summed E-state index contributed by atoms with van der Waals surface area (Å²) in [4.78, 5) is 0. The third-order valence-electron chi connectivity index (χ3n) is 4.39. The molecule has 0 unspecified atom stereocenters. The molecule has 0 heterocycles. The monoisotopic (exact) mass is 195 g/mol. The van der Waals surface area contributed by atoms with Gasteiger partial charge in [-0.05, 0) is 37.0 Å². The summed E-state index contributed by atoms with van der Waals surface area (Å²) in [6.45, 7) is 6.12. The van der Waals surface area contributed by atoms with Crippen molar-refractivity contribution in [3.8, 4) is 0 Å². The summed E-state index contributed by atoms with van der Waals surface area (Å²) in [7, 11) is 0. The van der Waals surface area contributed by atoms with Gasteiger partial charge in [0.2, 0.25) is 0 Å². The van der Waals surface area contributed by atoms with Crippen molar-refractivity contribution in [1.29, 1.82) is 0 Å². The van der Waals surface area contributed by atoms with Crippen molar-refractivity contribution in [2.24, 2.45) is 11.3 Å². The van der Waals surface area contributed by atoms with Crippen LogP contribution in [0.25, 0.3) is 0 Å². The Kier molecular flexibility index (Phi) is 3.16. The molecule has 14 heavy (non-hydrogen) atoms. The van der Waals surface area contributed by atoms with Crippen LogP contribution in [0, 0.1) is 11.3 Å². The normalized spacial score (nSPS) is 26.8. The molecule has 1 nitrogen and oxygen atoms in total. The molecule has 2 aliphatic carbocycles. The molecule has 0 aromatic heterocycles. The van der Waals surface area contributed by atoms with Crippen molar-refractivity contribution in [3.63, 3.8) is 0 Å². The van der Waals surface area contributed by atoms with Crippen LogP contribution in [0.2, 0.25) is 0 Å². The molecule has 2 rings (SSSR count). The molecule has 2 fully saturated rings. The molecule has 0 spiro atoms. The lowest BCUT2D eigenvalue weighted by Crippen LogP contribution is -2.40. The quantitative estimate of drug-likeness (QED) is 0.725. The fourth-order valence-electron chi connectivity index (χ4n) is 2.85. The van der Waals surface area contributed by atoms with E-state index in [2.05, 4.69) is 19.2 Å². The van der Waals surface area contributed by atoms with Gasteiger partial charge in [-0.3, -0.25) is 0 Å². The lowest BCUT2D eigenvalue weighted by molar-refractivity contribution is 0.115. The third kappa shape index (κ3) is 2.31. The van der Waals surface area contributed by atoms with Crippen LogP contribution in [0.1, 0.15) is 58.8 Å². The van der Waals surface area contributed by atoms with E-state index in [4.69, 9.17) is 0 Å². The Bertz CT molecular complexity index is 176. The summed E-state index contributed by atoms with van der Waals surface area (Å²) in [5.74, 6) is 0.856. The van der Waals surface area contributed by atoms with E-state index in [0.717, 1.165) is 12.0 Å². The molecule has 0 atom stereocenters. The molecule has 2 aliphatic rings. The molecular formula is C13H25N. The van der Waals surface area contributed by atoms with Gasteiger partial charge in [0.15, 0.2) is 0 Å². The second-order valence-corrected chi connectivity index (χ2v) is 5.73. The minimum Gasteiger partial charge on any atom is -0.313 e. The molecule has 0 amide bonds. The first-order valence-corrected chi connectivity index (χ1v) is 6.46. The van der Waals surface area contributed by atoms with Crippen LogP contribution in [0.5, 0.6) is 0 Å². The molecule has 2 saturated carbocycles. The van der Waals surface area contributed by atoms with Gasteiger partial charge in [-0.2, -0.15) is 0 Å². The Hall–Kier alpha value is -0.0400. The Morgan fingerprint density at radius 1 is 1.14 bits per heavy atom. The summed E-state index contributed by atoms with van der Waals surface area (Å²) in [5.41, 5.74) is 0.640. The van der Waals surface area contributed by atoms with E-state index in [0.29, 0.717) is 5.41 Å². The van der Waals surface area contributed by atoms with Gasteiger partial charge in [0, 0.05) is 12.6 Å². The van der Waals surface area contributed by atoms with Crippen molar-refractivity contribution in [1.82, 2.24) is 5.32 Å². The Morgan fingerprint density at radius 2 is 1.79 bits per heavy atom. The predicted octanol–water partition coefficient (Wildman–Crippen LogP) is 3.34. The molecule has 1 heteroatoms. The smallest absolute Gasteiger partial charge is 0.00684 e. The van der Waals surface area contributed by atoms with Crippen molar-refractivity contribution < 1.29 is 0 Å². The first-order chi connectivity index (χ1) is 6.73. The Labute approximate surface area is 88.7 Å². The van der Waals surface area contributed by atoms with Crippen LogP contribution < -0.4 is 5.32 Å². The number of rotatable bonds is 4. The second-order valence-electron chi connectivity index (χ2n) is 5.73. The van der Waals surface area contributed by atoms with Gasteiger partial charge in [0.05, 0.1) is 0 Å². The predicted molar refractivity (Wildman–Crippen MR) is 61.4 cm³/mol. The second kappa shape index (κ2) is 4.22. The highest BCUT2D eigenvalue weighted by Crippen LogP contribution is 2.42. The van der Waals surface area contributed by atoms with Crippen LogP contribution >= 0.6 is 0 Å². The maximum Gasteiger partial charge on any atom is 0.00684 e. The largest absolute Gasteiger partial charge is 0.313 e. The summed E-state index contributed by atoms with van der Waals surface area (Å²) < 4.78 is 0. The van der Waals surface area contributed by atoms with E-state index in [1.54, 1.807) is 0 Å². The van der Waals surface area contributed by atoms with Crippen molar-refractivity contribution in [2.45, 2.75) is 64.8 Å².